The summed E-state index contributed by atoms with van der Waals surface area (Å²) < 4.78 is 1.75. The molecule has 2 heterocycles. The van der Waals surface area contributed by atoms with Crippen molar-refractivity contribution in [3.8, 4) is 0 Å². The highest BCUT2D eigenvalue weighted by molar-refractivity contribution is 5.95. The summed E-state index contributed by atoms with van der Waals surface area (Å²) in [6.45, 7) is 3.79. The van der Waals surface area contributed by atoms with Gasteiger partial charge in [-0.1, -0.05) is 18.2 Å². The van der Waals surface area contributed by atoms with Gasteiger partial charge in [-0.15, -0.1) is 0 Å². The molecular weight excluding hydrogens is 320 g/mol. The van der Waals surface area contributed by atoms with E-state index in [-0.39, 0.29) is 6.03 Å². The summed E-state index contributed by atoms with van der Waals surface area (Å²) in [5, 5.41) is 10.3. The highest BCUT2D eigenvalue weighted by Gasteiger charge is 2.23. The average molecular weight is 344 g/mol. The second kappa shape index (κ2) is 6.76. The first kappa shape index (κ1) is 17.3. The number of para-hydroxylation sites is 1. The first-order valence-electron chi connectivity index (χ1n) is 8.37. The molecule has 7 heteroatoms. The van der Waals surface area contributed by atoms with E-state index in [1.807, 2.05) is 23.1 Å². The number of aromatic carboxylic acids is 1. The lowest BCUT2D eigenvalue weighted by atomic mass is 10.1. The third-order valence-electron chi connectivity index (χ3n) is 4.78. The number of aromatic nitrogens is 1. The SMILES string of the molecule is CN(C)C(=O)N1CCN(Cc2cccc3cc(C(=O)O)n(C)c23)CC1. The molecule has 1 fully saturated rings. The minimum absolute atomic E-state index is 0.0512. The minimum atomic E-state index is -0.916. The zero-order valence-corrected chi connectivity index (χ0v) is 14.9. The maximum absolute atomic E-state index is 12.0. The number of carboxylic acid groups (broad SMARTS) is 1. The van der Waals surface area contributed by atoms with Crippen molar-refractivity contribution >= 4 is 22.9 Å². The molecule has 0 spiro atoms. The van der Waals surface area contributed by atoms with Gasteiger partial charge in [-0.2, -0.15) is 0 Å². The second-order valence-electron chi connectivity index (χ2n) is 6.69. The van der Waals surface area contributed by atoms with E-state index < -0.39 is 5.97 Å². The Morgan fingerprint density at radius 1 is 1.16 bits per heavy atom. The number of nitrogens with zero attached hydrogens (tertiary/aromatic N) is 4. The predicted octanol–water partition coefficient (Wildman–Crippen LogP) is 1.68. The van der Waals surface area contributed by atoms with Crippen LogP contribution in [0.25, 0.3) is 10.9 Å². The molecule has 134 valence electrons. The molecule has 1 aliphatic heterocycles. The molecule has 1 aromatic carbocycles. The average Bonchev–Trinajstić information content (AvgIpc) is 2.93. The van der Waals surface area contributed by atoms with Crippen molar-refractivity contribution in [2.75, 3.05) is 40.3 Å². The minimum Gasteiger partial charge on any atom is -0.477 e. The van der Waals surface area contributed by atoms with Crippen LogP contribution in [0.4, 0.5) is 4.79 Å². The van der Waals surface area contributed by atoms with Crippen LogP contribution in [0.5, 0.6) is 0 Å². The third-order valence-corrected chi connectivity index (χ3v) is 4.78. The van der Waals surface area contributed by atoms with Gasteiger partial charge >= 0.3 is 12.0 Å². The van der Waals surface area contributed by atoms with Crippen molar-refractivity contribution in [1.82, 2.24) is 19.3 Å². The number of urea groups is 1. The Kier molecular flexibility index (Phi) is 4.67. The number of fused-ring (bicyclic) bond motifs is 1. The van der Waals surface area contributed by atoms with Gasteiger partial charge in [0.2, 0.25) is 0 Å². The summed E-state index contributed by atoms with van der Waals surface area (Å²) in [7, 11) is 5.33. The summed E-state index contributed by atoms with van der Waals surface area (Å²) in [4.78, 5) is 29.2. The largest absolute Gasteiger partial charge is 0.477 e. The van der Waals surface area contributed by atoms with Crippen LogP contribution in [-0.2, 0) is 13.6 Å². The number of aryl methyl sites for hydroxylation is 1. The van der Waals surface area contributed by atoms with Crippen LogP contribution >= 0.6 is 0 Å². The molecule has 25 heavy (non-hydrogen) atoms. The highest BCUT2D eigenvalue weighted by atomic mass is 16.4. The van der Waals surface area contributed by atoms with Gasteiger partial charge in [-0.25, -0.2) is 9.59 Å². The Bertz CT molecular complexity index is 804. The van der Waals surface area contributed by atoms with Crippen LogP contribution in [0.3, 0.4) is 0 Å². The summed E-state index contributed by atoms with van der Waals surface area (Å²) in [6.07, 6.45) is 0. The maximum atomic E-state index is 12.0. The van der Waals surface area contributed by atoms with Crippen molar-refractivity contribution in [1.29, 1.82) is 0 Å². The molecule has 1 aromatic heterocycles. The van der Waals surface area contributed by atoms with E-state index in [1.54, 1.807) is 36.7 Å². The van der Waals surface area contributed by atoms with E-state index >= 15 is 0 Å². The van der Waals surface area contributed by atoms with Crippen LogP contribution in [-0.4, -0.2) is 76.6 Å². The molecule has 0 atom stereocenters. The molecule has 0 saturated carbocycles. The molecule has 0 unspecified atom stereocenters. The summed E-state index contributed by atoms with van der Waals surface area (Å²) in [6, 6.07) is 7.73. The maximum Gasteiger partial charge on any atom is 0.352 e. The highest BCUT2D eigenvalue weighted by Crippen LogP contribution is 2.24. The van der Waals surface area contributed by atoms with Gasteiger partial charge in [0.15, 0.2) is 0 Å². The molecular formula is C18H24N4O3. The number of hydrogen-bond acceptors (Lipinski definition) is 3. The predicted molar refractivity (Wildman–Crippen MR) is 95.8 cm³/mol. The quantitative estimate of drug-likeness (QED) is 0.920. The van der Waals surface area contributed by atoms with E-state index in [4.69, 9.17) is 0 Å². The fraction of sp³-hybridized carbons (Fsp3) is 0.444. The van der Waals surface area contributed by atoms with Crippen molar-refractivity contribution in [3.63, 3.8) is 0 Å². The lowest BCUT2D eigenvalue weighted by Gasteiger charge is -2.36. The van der Waals surface area contributed by atoms with E-state index in [0.717, 1.165) is 36.1 Å². The van der Waals surface area contributed by atoms with E-state index in [0.29, 0.717) is 18.8 Å². The van der Waals surface area contributed by atoms with Crippen LogP contribution < -0.4 is 0 Å². The van der Waals surface area contributed by atoms with Crippen molar-refractivity contribution in [2.45, 2.75) is 6.54 Å². The first-order valence-corrected chi connectivity index (χ1v) is 8.37. The monoisotopic (exact) mass is 344 g/mol. The summed E-state index contributed by atoms with van der Waals surface area (Å²) in [5.74, 6) is -0.916. The molecule has 1 aliphatic rings. The van der Waals surface area contributed by atoms with Gasteiger partial charge in [0, 0.05) is 59.3 Å². The normalized spacial score (nSPS) is 15.6. The Labute approximate surface area is 147 Å². The zero-order chi connectivity index (χ0) is 18.1. The van der Waals surface area contributed by atoms with Crippen LogP contribution in [0, 0.1) is 0 Å². The number of carboxylic acids is 1. The Morgan fingerprint density at radius 2 is 1.84 bits per heavy atom. The van der Waals surface area contributed by atoms with Crippen LogP contribution in [0.1, 0.15) is 16.1 Å². The van der Waals surface area contributed by atoms with E-state index in [9.17, 15) is 14.7 Å². The molecule has 1 N–H and O–H groups in total. The smallest absolute Gasteiger partial charge is 0.352 e. The summed E-state index contributed by atoms with van der Waals surface area (Å²) >= 11 is 0. The molecule has 0 bridgehead atoms. The lowest BCUT2D eigenvalue weighted by Crippen LogP contribution is -2.51. The van der Waals surface area contributed by atoms with Gasteiger partial charge in [0.1, 0.15) is 5.69 Å². The number of carbonyl (C=O) groups excluding carboxylic acids is 1. The number of piperazine rings is 1. The first-order chi connectivity index (χ1) is 11.9. The molecule has 7 nitrogen and oxygen atoms in total. The van der Waals surface area contributed by atoms with Gasteiger partial charge < -0.3 is 19.5 Å². The molecule has 0 radical (unpaired) electrons. The zero-order valence-electron chi connectivity index (χ0n) is 14.9. The van der Waals surface area contributed by atoms with Gasteiger partial charge in [-0.05, 0) is 11.6 Å². The molecule has 2 aromatic rings. The van der Waals surface area contributed by atoms with Crippen LogP contribution in [0.2, 0.25) is 0 Å². The number of amides is 2. The van der Waals surface area contributed by atoms with Crippen molar-refractivity contribution in [2.24, 2.45) is 7.05 Å². The fourth-order valence-corrected chi connectivity index (χ4v) is 3.46. The number of hydrogen-bond donors (Lipinski definition) is 1. The van der Waals surface area contributed by atoms with Crippen molar-refractivity contribution < 1.29 is 14.7 Å². The second-order valence-corrected chi connectivity index (χ2v) is 6.69. The molecule has 3 rings (SSSR count). The Hall–Kier alpha value is -2.54. The van der Waals surface area contributed by atoms with Gasteiger partial charge in [-0.3, -0.25) is 4.90 Å². The van der Waals surface area contributed by atoms with Crippen LogP contribution in [0.15, 0.2) is 24.3 Å². The lowest BCUT2D eigenvalue weighted by molar-refractivity contribution is 0.0687. The molecule has 0 aliphatic carbocycles. The molecule has 1 saturated heterocycles. The van der Waals surface area contributed by atoms with Gasteiger partial charge in [0.25, 0.3) is 0 Å². The van der Waals surface area contributed by atoms with E-state index in [1.165, 1.54) is 0 Å². The standard InChI is InChI=1S/C18H24N4O3/c1-19(2)18(25)22-9-7-21(8-10-22)12-14-6-4-5-13-11-15(17(23)24)20(3)16(13)14/h4-6,11H,7-10,12H2,1-3H3,(H,23,24). The van der Waals surface area contributed by atoms with E-state index in [2.05, 4.69) is 4.90 Å². The Morgan fingerprint density at radius 3 is 2.44 bits per heavy atom. The van der Waals surface area contributed by atoms with Crippen molar-refractivity contribution in [3.05, 3.63) is 35.5 Å². The number of rotatable bonds is 3. The number of carbonyl (C=O) groups is 2. The Balaban J connectivity index is 1.76. The topological polar surface area (TPSA) is 69.0 Å². The van der Waals surface area contributed by atoms with Gasteiger partial charge in [0.05, 0.1) is 5.52 Å². The summed E-state index contributed by atoms with van der Waals surface area (Å²) in [5.41, 5.74) is 2.37. The third kappa shape index (κ3) is 3.32. The molecule has 2 amide bonds. The fourth-order valence-electron chi connectivity index (χ4n) is 3.46. The number of benzene rings is 1.